The minimum Gasteiger partial charge on any atom is -0.326 e. The lowest BCUT2D eigenvalue weighted by Crippen LogP contribution is -2.13. The number of rotatable bonds is 8. The van der Waals surface area contributed by atoms with Gasteiger partial charge in [0.05, 0.1) is 15.2 Å². The fourth-order valence-corrected chi connectivity index (χ4v) is 3.93. The maximum Gasteiger partial charge on any atom is 0.224 e. The Labute approximate surface area is 158 Å². The zero-order valence-electron chi connectivity index (χ0n) is 15.4. The van der Waals surface area contributed by atoms with Crippen molar-refractivity contribution in [3.05, 3.63) is 59.1 Å². The van der Waals surface area contributed by atoms with Crippen molar-refractivity contribution < 1.29 is 4.79 Å². The van der Waals surface area contributed by atoms with Gasteiger partial charge in [-0.05, 0) is 63.2 Å². The molecule has 0 radical (unpaired) electrons. The van der Waals surface area contributed by atoms with E-state index in [2.05, 4.69) is 27.3 Å². The fraction of sp³-hybridized carbons (Fsp3) is 0.333. The average Bonchev–Trinajstić information content (AvgIpc) is 3.01. The van der Waals surface area contributed by atoms with Crippen molar-refractivity contribution in [3.63, 3.8) is 0 Å². The zero-order chi connectivity index (χ0) is 18.4. The summed E-state index contributed by atoms with van der Waals surface area (Å²) in [6.07, 6.45) is 3.33. The first-order valence-corrected chi connectivity index (χ1v) is 9.80. The molecule has 0 spiro atoms. The van der Waals surface area contributed by atoms with Gasteiger partial charge in [0.15, 0.2) is 0 Å². The number of hydrogen-bond donors (Lipinski definition) is 1. The lowest BCUT2D eigenvalue weighted by molar-refractivity contribution is -0.116. The Hall–Kier alpha value is -2.24. The first kappa shape index (κ1) is 18.5. The standard InChI is InChI=1S/C21H25N3OS/c1-24(2)15-16-8-7-9-17(14-16)22-20(25)12-5-6-13-21-23-18-10-3-4-11-19(18)26-21/h3-4,7-11,14H,5-6,12-13,15H2,1-2H3,(H,22,25). The molecule has 0 fully saturated rings. The van der Waals surface area contributed by atoms with Gasteiger partial charge in [-0.15, -0.1) is 11.3 Å². The Morgan fingerprint density at radius 1 is 1.12 bits per heavy atom. The normalized spacial score (nSPS) is 11.2. The molecule has 1 N–H and O–H groups in total. The quantitative estimate of drug-likeness (QED) is 0.587. The molecule has 0 atom stereocenters. The molecule has 4 nitrogen and oxygen atoms in total. The van der Waals surface area contributed by atoms with Crippen molar-refractivity contribution in [2.75, 3.05) is 19.4 Å². The van der Waals surface area contributed by atoms with Crippen LogP contribution in [0.3, 0.4) is 0 Å². The summed E-state index contributed by atoms with van der Waals surface area (Å²) in [5, 5.41) is 4.16. The van der Waals surface area contributed by atoms with Crippen LogP contribution in [0.5, 0.6) is 0 Å². The predicted octanol–water partition coefficient (Wildman–Crippen LogP) is 4.71. The minimum absolute atomic E-state index is 0.0799. The Morgan fingerprint density at radius 2 is 1.96 bits per heavy atom. The number of carbonyl (C=O) groups excluding carboxylic acids is 1. The number of carbonyl (C=O) groups is 1. The summed E-state index contributed by atoms with van der Waals surface area (Å²) in [4.78, 5) is 18.9. The molecular weight excluding hydrogens is 342 g/mol. The number of anilines is 1. The summed E-state index contributed by atoms with van der Waals surface area (Å²) < 4.78 is 1.23. The van der Waals surface area contributed by atoms with Gasteiger partial charge in [0.25, 0.3) is 0 Å². The number of aryl methyl sites for hydroxylation is 1. The highest BCUT2D eigenvalue weighted by atomic mass is 32.1. The van der Waals surface area contributed by atoms with Crippen molar-refractivity contribution in [3.8, 4) is 0 Å². The van der Waals surface area contributed by atoms with Crippen molar-refractivity contribution in [2.45, 2.75) is 32.2 Å². The van der Waals surface area contributed by atoms with Gasteiger partial charge < -0.3 is 10.2 Å². The van der Waals surface area contributed by atoms with Crippen LogP contribution in [0.4, 0.5) is 5.69 Å². The van der Waals surface area contributed by atoms with Crippen LogP contribution >= 0.6 is 11.3 Å². The highest BCUT2D eigenvalue weighted by molar-refractivity contribution is 7.18. The Bertz CT molecular complexity index is 839. The molecule has 0 saturated carbocycles. The van der Waals surface area contributed by atoms with E-state index in [1.807, 2.05) is 50.5 Å². The van der Waals surface area contributed by atoms with Crippen LogP contribution in [0, 0.1) is 0 Å². The predicted molar refractivity (Wildman–Crippen MR) is 110 cm³/mol. The fourth-order valence-electron chi connectivity index (χ4n) is 2.92. The number of unbranched alkanes of at least 4 members (excludes halogenated alkanes) is 1. The Kier molecular flexibility index (Phi) is 6.36. The molecular formula is C21H25N3OS. The van der Waals surface area contributed by atoms with Crippen LogP contribution in [-0.2, 0) is 17.8 Å². The Balaban J connectivity index is 1.42. The first-order chi connectivity index (χ1) is 12.6. The molecule has 0 saturated heterocycles. The second-order valence-electron chi connectivity index (χ2n) is 6.77. The largest absolute Gasteiger partial charge is 0.326 e. The minimum atomic E-state index is 0.0799. The second kappa shape index (κ2) is 8.92. The number of fused-ring (bicyclic) bond motifs is 1. The van der Waals surface area contributed by atoms with Gasteiger partial charge in [0, 0.05) is 18.7 Å². The number of aromatic nitrogens is 1. The molecule has 2 aromatic carbocycles. The number of nitrogens with one attached hydrogen (secondary N) is 1. The van der Waals surface area contributed by atoms with Crippen LogP contribution in [0.1, 0.15) is 29.8 Å². The third-order valence-corrected chi connectivity index (χ3v) is 5.19. The molecule has 0 unspecified atom stereocenters. The number of nitrogens with zero attached hydrogens (tertiary/aromatic N) is 2. The molecule has 3 aromatic rings. The van der Waals surface area contributed by atoms with E-state index in [1.165, 1.54) is 10.3 Å². The maximum atomic E-state index is 12.2. The number of hydrogen-bond acceptors (Lipinski definition) is 4. The number of amides is 1. The lowest BCUT2D eigenvalue weighted by Gasteiger charge is -2.11. The molecule has 26 heavy (non-hydrogen) atoms. The number of para-hydroxylation sites is 1. The smallest absolute Gasteiger partial charge is 0.224 e. The van der Waals surface area contributed by atoms with Gasteiger partial charge in [-0.3, -0.25) is 4.79 Å². The van der Waals surface area contributed by atoms with E-state index in [9.17, 15) is 4.79 Å². The van der Waals surface area contributed by atoms with Gasteiger partial charge in [-0.1, -0.05) is 24.3 Å². The molecule has 5 heteroatoms. The van der Waals surface area contributed by atoms with E-state index in [-0.39, 0.29) is 5.91 Å². The van der Waals surface area contributed by atoms with Gasteiger partial charge in [-0.2, -0.15) is 0 Å². The molecule has 0 aliphatic carbocycles. The van der Waals surface area contributed by atoms with Crippen molar-refractivity contribution in [2.24, 2.45) is 0 Å². The van der Waals surface area contributed by atoms with E-state index in [0.29, 0.717) is 6.42 Å². The summed E-state index contributed by atoms with van der Waals surface area (Å²) in [6.45, 7) is 0.867. The Morgan fingerprint density at radius 3 is 2.77 bits per heavy atom. The van der Waals surface area contributed by atoms with Gasteiger partial charge in [0.1, 0.15) is 0 Å². The van der Waals surface area contributed by atoms with Crippen molar-refractivity contribution in [1.82, 2.24) is 9.88 Å². The molecule has 3 rings (SSSR count). The molecule has 1 aromatic heterocycles. The van der Waals surface area contributed by atoms with E-state index < -0.39 is 0 Å². The van der Waals surface area contributed by atoms with Crippen LogP contribution in [0.15, 0.2) is 48.5 Å². The number of benzene rings is 2. The van der Waals surface area contributed by atoms with Crippen molar-refractivity contribution in [1.29, 1.82) is 0 Å². The van der Waals surface area contributed by atoms with Crippen LogP contribution in [0.2, 0.25) is 0 Å². The van der Waals surface area contributed by atoms with E-state index in [4.69, 9.17) is 0 Å². The van der Waals surface area contributed by atoms with Gasteiger partial charge >= 0.3 is 0 Å². The van der Waals surface area contributed by atoms with E-state index in [1.54, 1.807) is 11.3 Å². The summed E-state index contributed by atoms with van der Waals surface area (Å²) in [6, 6.07) is 16.3. The molecule has 136 valence electrons. The molecule has 1 amide bonds. The lowest BCUT2D eigenvalue weighted by atomic mass is 10.1. The topological polar surface area (TPSA) is 45.2 Å². The zero-order valence-corrected chi connectivity index (χ0v) is 16.2. The van der Waals surface area contributed by atoms with Crippen LogP contribution in [-0.4, -0.2) is 29.9 Å². The first-order valence-electron chi connectivity index (χ1n) is 8.98. The maximum absolute atomic E-state index is 12.2. The molecule has 0 aliphatic heterocycles. The summed E-state index contributed by atoms with van der Waals surface area (Å²) in [7, 11) is 4.08. The highest BCUT2D eigenvalue weighted by Crippen LogP contribution is 2.23. The number of thiazole rings is 1. The average molecular weight is 368 g/mol. The van der Waals surface area contributed by atoms with E-state index >= 15 is 0 Å². The third kappa shape index (κ3) is 5.38. The van der Waals surface area contributed by atoms with Gasteiger partial charge in [0.2, 0.25) is 5.91 Å². The van der Waals surface area contributed by atoms with Crippen molar-refractivity contribution >= 4 is 33.1 Å². The monoisotopic (exact) mass is 367 g/mol. The summed E-state index contributed by atoms with van der Waals surface area (Å²) in [5.74, 6) is 0.0799. The third-order valence-electron chi connectivity index (χ3n) is 4.09. The summed E-state index contributed by atoms with van der Waals surface area (Å²) >= 11 is 1.75. The van der Waals surface area contributed by atoms with Crippen LogP contribution in [0.25, 0.3) is 10.2 Å². The molecule has 1 heterocycles. The van der Waals surface area contributed by atoms with E-state index in [0.717, 1.165) is 42.0 Å². The summed E-state index contributed by atoms with van der Waals surface area (Å²) in [5.41, 5.74) is 3.15. The SMILES string of the molecule is CN(C)Cc1cccc(NC(=O)CCCCc2nc3ccccc3s2)c1. The molecule has 0 bridgehead atoms. The van der Waals surface area contributed by atoms with Gasteiger partial charge in [-0.25, -0.2) is 4.98 Å². The molecule has 0 aliphatic rings. The highest BCUT2D eigenvalue weighted by Gasteiger charge is 2.06. The van der Waals surface area contributed by atoms with Crippen LogP contribution < -0.4 is 5.32 Å². The second-order valence-corrected chi connectivity index (χ2v) is 7.88.